The largest absolute Gasteiger partial charge is 0.486 e. The molecule has 4 nitrogen and oxygen atoms in total. The zero-order chi connectivity index (χ0) is 16.8. The van der Waals surface area contributed by atoms with Gasteiger partial charge in [0.25, 0.3) is 0 Å². The van der Waals surface area contributed by atoms with Crippen LogP contribution in [0.15, 0.2) is 29.6 Å². The molecule has 5 heteroatoms. The van der Waals surface area contributed by atoms with E-state index in [0.29, 0.717) is 12.6 Å². The van der Waals surface area contributed by atoms with E-state index in [1.807, 2.05) is 12.1 Å². The van der Waals surface area contributed by atoms with Gasteiger partial charge in [0.05, 0.1) is 5.69 Å². The number of hydrogen-bond donors (Lipinski definition) is 1. The number of aryl methyl sites for hydroxylation is 1. The fourth-order valence-electron chi connectivity index (χ4n) is 3.22. The molecule has 0 bridgehead atoms. The summed E-state index contributed by atoms with van der Waals surface area (Å²) >= 11 is 1.66. The summed E-state index contributed by atoms with van der Waals surface area (Å²) in [6.07, 6.45) is 4.57. The van der Waals surface area contributed by atoms with Gasteiger partial charge in [-0.15, -0.1) is 11.3 Å². The highest BCUT2D eigenvalue weighted by molar-refractivity contribution is 7.09. The Hall–Kier alpha value is -1.43. The molecular formula is C19H26N2O2S. The molecule has 1 atom stereocenters. The van der Waals surface area contributed by atoms with Gasteiger partial charge in [-0.05, 0) is 44.9 Å². The SMILES string of the molecule is Cc1ccc(OCc2nc(CN3CCCCC3CCO)cs2)cc1. The highest BCUT2D eigenvalue weighted by Crippen LogP contribution is 2.23. The number of piperidine rings is 1. The minimum absolute atomic E-state index is 0.272. The third-order valence-corrected chi connectivity index (χ3v) is 5.43. The molecule has 1 saturated heterocycles. The van der Waals surface area contributed by atoms with Crippen LogP contribution in [-0.2, 0) is 13.2 Å². The highest BCUT2D eigenvalue weighted by Gasteiger charge is 2.22. The minimum Gasteiger partial charge on any atom is -0.486 e. The Morgan fingerprint density at radius 3 is 2.92 bits per heavy atom. The molecule has 1 aliphatic rings. The second-order valence-electron chi connectivity index (χ2n) is 6.47. The second-order valence-corrected chi connectivity index (χ2v) is 7.41. The summed E-state index contributed by atoms with van der Waals surface area (Å²) in [5.74, 6) is 0.886. The van der Waals surface area contributed by atoms with Gasteiger partial charge in [0.2, 0.25) is 0 Å². The van der Waals surface area contributed by atoms with Crippen LogP contribution < -0.4 is 4.74 Å². The molecule has 1 aromatic heterocycles. The maximum absolute atomic E-state index is 9.25. The Bertz CT molecular complexity index is 625. The summed E-state index contributed by atoms with van der Waals surface area (Å²) in [7, 11) is 0. The van der Waals surface area contributed by atoms with Crippen molar-refractivity contribution in [2.75, 3.05) is 13.2 Å². The first-order valence-corrected chi connectivity index (χ1v) is 9.60. The Morgan fingerprint density at radius 2 is 2.12 bits per heavy atom. The van der Waals surface area contributed by atoms with Crippen molar-refractivity contribution >= 4 is 11.3 Å². The van der Waals surface area contributed by atoms with Gasteiger partial charge in [0.15, 0.2) is 0 Å². The quantitative estimate of drug-likeness (QED) is 0.829. The zero-order valence-corrected chi connectivity index (χ0v) is 15.1. The van der Waals surface area contributed by atoms with Crippen LogP contribution in [-0.4, -0.2) is 34.2 Å². The van der Waals surface area contributed by atoms with Crippen molar-refractivity contribution in [2.45, 2.75) is 51.8 Å². The fraction of sp³-hybridized carbons (Fsp3) is 0.526. The van der Waals surface area contributed by atoms with Gasteiger partial charge in [0.1, 0.15) is 17.4 Å². The monoisotopic (exact) mass is 346 g/mol. The number of benzene rings is 1. The van der Waals surface area contributed by atoms with Crippen LogP contribution in [0.3, 0.4) is 0 Å². The Morgan fingerprint density at radius 1 is 1.29 bits per heavy atom. The van der Waals surface area contributed by atoms with E-state index in [2.05, 4.69) is 29.3 Å². The number of thiazole rings is 1. The summed E-state index contributed by atoms with van der Waals surface area (Å²) in [6, 6.07) is 8.60. The molecule has 1 N–H and O–H groups in total. The lowest BCUT2D eigenvalue weighted by Crippen LogP contribution is -2.39. The van der Waals surface area contributed by atoms with Gasteiger partial charge in [0, 0.05) is 24.6 Å². The first-order chi connectivity index (χ1) is 11.7. The lowest BCUT2D eigenvalue weighted by molar-refractivity contribution is 0.111. The summed E-state index contributed by atoms with van der Waals surface area (Å²) < 4.78 is 5.81. The number of rotatable bonds is 7. The Balaban J connectivity index is 1.53. The predicted octanol–water partition coefficient (Wildman–Crippen LogP) is 3.77. The first kappa shape index (κ1) is 17.4. The number of aliphatic hydroxyl groups excluding tert-OH is 1. The topological polar surface area (TPSA) is 45.6 Å². The van der Waals surface area contributed by atoms with E-state index in [1.54, 1.807) is 11.3 Å². The maximum Gasteiger partial charge on any atom is 0.140 e. The van der Waals surface area contributed by atoms with Gasteiger partial charge in [-0.3, -0.25) is 4.90 Å². The van der Waals surface area contributed by atoms with Crippen LogP contribution in [0, 0.1) is 6.92 Å². The molecule has 130 valence electrons. The molecule has 3 rings (SSSR count). The first-order valence-electron chi connectivity index (χ1n) is 8.72. The molecule has 0 aliphatic carbocycles. The maximum atomic E-state index is 9.25. The van der Waals surface area contributed by atoms with Gasteiger partial charge < -0.3 is 9.84 Å². The van der Waals surface area contributed by atoms with Crippen molar-refractivity contribution < 1.29 is 9.84 Å². The molecule has 24 heavy (non-hydrogen) atoms. The lowest BCUT2D eigenvalue weighted by atomic mass is 9.99. The van der Waals surface area contributed by atoms with Crippen molar-refractivity contribution in [3.8, 4) is 5.75 Å². The Kier molecular flexibility index (Phi) is 6.24. The lowest BCUT2D eigenvalue weighted by Gasteiger charge is -2.35. The van der Waals surface area contributed by atoms with Gasteiger partial charge in [-0.2, -0.15) is 0 Å². The van der Waals surface area contributed by atoms with E-state index in [9.17, 15) is 5.11 Å². The van der Waals surface area contributed by atoms with Crippen molar-refractivity contribution in [1.82, 2.24) is 9.88 Å². The van der Waals surface area contributed by atoms with Crippen LogP contribution in [0.5, 0.6) is 5.75 Å². The molecule has 0 spiro atoms. The molecular weight excluding hydrogens is 320 g/mol. The predicted molar refractivity (Wildman–Crippen MR) is 97.4 cm³/mol. The number of aliphatic hydroxyl groups is 1. The molecule has 0 radical (unpaired) electrons. The molecule has 2 aromatic rings. The van der Waals surface area contributed by atoms with E-state index >= 15 is 0 Å². The van der Waals surface area contributed by atoms with E-state index in [0.717, 1.165) is 36.0 Å². The van der Waals surface area contributed by atoms with Gasteiger partial charge >= 0.3 is 0 Å². The average Bonchev–Trinajstić information content (AvgIpc) is 3.04. The molecule has 1 aliphatic heterocycles. The van der Waals surface area contributed by atoms with Crippen LogP contribution in [0.4, 0.5) is 0 Å². The summed E-state index contributed by atoms with van der Waals surface area (Å²) in [4.78, 5) is 7.19. The Labute approximate surface area is 148 Å². The molecule has 0 amide bonds. The third kappa shape index (κ3) is 4.79. The summed E-state index contributed by atoms with van der Waals surface area (Å²) in [5.41, 5.74) is 2.35. The number of ether oxygens (including phenoxy) is 1. The zero-order valence-electron chi connectivity index (χ0n) is 14.3. The van der Waals surface area contributed by atoms with E-state index < -0.39 is 0 Å². The molecule has 1 fully saturated rings. The molecule has 1 unspecified atom stereocenters. The van der Waals surface area contributed by atoms with Crippen LogP contribution in [0.1, 0.15) is 41.9 Å². The van der Waals surface area contributed by atoms with Crippen LogP contribution in [0.2, 0.25) is 0 Å². The number of likely N-dealkylation sites (tertiary alicyclic amines) is 1. The summed E-state index contributed by atoms with van der Waals surface area (Å²) in [5, 5.41) is 12.4. The molecule has 1 aromatic carbocycles. The number of hydrogen-bond acceptors (Lipinski definition) is 5. The average molecular weight is 346 g/mol. The smallest absolute Gasteiger partial charge is 0.140 e. The highest BCUT2D eigenvalue weighted by atomic mass is 32.1. The normalized spacial score (nSPS) is 18.7. The number of aromatic nitrogens is 1. The van der Waals surface area contributed by atoms with Crippen molar-refractivity contribution in [3.05, 3.63) is 45.9 Å². The van der Waals surface area contributed by atoms with E-state index in [4.69, 9.17) is 9.72 Å². The van der Waals surface area contributed by atoms with Crippen LogP contribution >= 0.6 is 11.3 Å². The van der Waals surface area contributed by atoms with Crippen LogP contribution in [0.25, 0.3) is 0 Å². The second kappa shape index (κ2) is 8.60. The van der Waals surface area contributed by atoms with Crippen molar-refractivity contribution in [3.63, 3.8) is 0 Å². The van der Waals surface area contributed by atoms with E-state index in [1.165, 1.54) is 24.8 Å². The van der Waals surface area contributed by atoms with Crippen molar-refractivity contribution in [2.24, 2.45) is 0 Å². The fourth-order valence-corrected chi connectivity index (χ4v) is 3.92. The standard InChI is InChI=1S/C19H26N2O2S/c1-15-5-7-18(8-6-15)23-13-19-20-16(14-24-19)12-21-10-3-2-4-17(21)9-11-22/h5-8,14,17,22H,2-4,9-13H2,1H3. The van der Waals surface area contributed by atoms with Gasteiger partial charge in [-0.25, -0.2) is 4.98 Å². The third-order valence-electron chi connectivity index (χ3n) is 4.56. The summed E-state index contributed by atoms with van der Waals surface area (Å²) in [6.45, 7) is 4.85. The molecule has 2 heterocycles. The van der Waals surface area contributed by atoms with Crippen molar-refractivity contribution in [1.29, 1.82) is 0 Å². The number of nitrogens with zero attached hydrogens (tertiary/aromatic N) is 2. The minimum atomic E-state index is 0.272. The van der Waals surface area contributed by atoms with Gasteiger partial charge in [-0.1, -0.05) is 24.1 Å². The van der Waals surface area contributed by atoms with E-state index in [-0.39, 0.29) is 6.61 Å². The molecule has 0 saturated carbocycles.